The second-order valence-electron chi connectivity index (χ2n) is 11.8. The van der Waals surface area contributed by atoms with Gasteiger partial charge in [0.1, 0.15) is 6.04 Å². The number of rotatable bonds is 31. The first-order valence-electron chi connectivity index (χ1n) is 17.1. The van der Waals surface area contributed by atoms with Gasteiger partial charge in [0.25, 0.3) is 0 Å². The second-order valence-corrected chi connectivity index (χ2v) is 11.8. The van der Waals surface area contributed by atoms with Crippen LogP contribution in [0.4, 0.5) is 0 Å². The average molecular weight is 538 g/mol. The Morgan fingerprint density at radius 2 is 0.763 bits per heavy atom. The lowest BCUT2D eigenvalue weighted by Gasteiger charge is -2.15. The number of amides is 1. The Bertz CT molecular complexity index is 508. The van der Waals surface area contributed by atoms with Crippen molar-refractivity contribution < 1.29 is 14.7 Å². The van der Waals surface area contributed by atoms with Gasteiger partial charge in [0.15, 0.2) is 5.78 Å². The molecule has 0 saturated heterocycles. The number of aliphatic hydroxyl groups excluding tert-OH is 1. The number of hydrogen-bond donors (Lipinski definition) is 2. The third-order valence-corrected chi connectivity index (χ3v) is 7.94. The molecule has 0 fully saturated rings. The van der Waals surface area contributed by atoms with Crippen molar-refractivity contribution in [3.63, 3.8) is 0 Å². The summed E-state index contributed by atoms with van der Waals surface area (Å²) in [4.78, 5) is 24.7. The molecule has 4 heteroatoms. The molecule has 0 saturated carbocycles. The molecule has 0 spiro atoms. The Kier molecular flexibility index (Phi) is 29.9. The topological polar surface area (TPSA) is 66.4 Å². The summed E-state index contributed by atoms with van der Waals surface area (Å²) in [6.45, 7) is 4.24. The van der Waals surface area contributed by atoms with Gasteiger partial charge in [-0.05, 0) is 12.8 Å². The molecule has 0 aromatic carbocycles. The number of nitrogens with one attached hydrogen (secondary N) is 1. The van der Waals surface area contributed by atoms with Crippen molar-refractivity contribution in [2.45, 2.75) is 200 Å². The molecular weight excluding hydrogens is 470 g/mol. The Morgan fingerprint density at radius 3 is 1.08 bits per heavy atom. The lowest BCUT2D eigenvalue weighted by molar-refractivity contribution is -0.128. The van der Waals surface area contributed by atoms with Crippen LogP contribution in [0.25, 0.3) is 0 Å². The maximum Gasteiger partial charge on any atom is 0.220 e. The molecule has 38 heavy (non-hydrogen) atoms. The van der Waals surface area contributed by atoms with Crippen LogP contribution in [0.15, 0.2) is 0 Å². The third-order valence-electron chi connectivity index (χ3n) is 7.94. The maximum absolute atomic E-state index is 12.4. The summed E-state index contributed by atoms with van der Waals surface area (Å²) in [5.41, 5.74) is 0. The van der Waals surface area contributed by atoms with Crippen LogP contribution in [0.1, 0.15) is 194 Å². The van der Waals surface area contributed by atoms with E-state index in [1.165, 1.54) is 141 Å². The lowest BCUT2D eigenvalue weighted by atomic mass is 10.0. The van der Waals surface area contributed by atoms with Gasteiger partial charge in [0.05, 0.1) is 6.61 Å². The normalized spacial score (nSPS) is 12.1. The zero-order chi connectivity index (χ0) is 27.9. The van der Waals surface area contributed by atoms with Gasteiger partial charge in [0.2, 0.25) is 5.91 Å². The van der Waals surface area contributed by atoms with Crippen LogP contribution >= 0.6 is 0 Å². The van der Waals surface area contributed by atoms with Gasteiger partial charge in [0, 0.05) is 12.8 Å². The quantitative estimate of drug-likeness (QED) is 0.0864. The summed E-state index contributed by atoms with van der Waals surface area (Å²) in [7, 11) is 0. The molecule has 0 aliphatic rings. The Labute approximate surface area is 237 Å². The monoisotopic (exact) mass is 538 g/mol. The number of unbranched alkanes of at least 4 members (excludes halogenated alkanes) is 24. The minimum atomic E-state index is -0.721. The smallest absolute Gasteiger partial charge is 0.220 e. The highest BCUT2D eigenvalue weighted by molar-refractivity contribution is 5.89. The van der Waals surface area contributed by atoms with Crippen molar-refractivity contribution in [2.24, 2.45) is 0 Å². The van der Waals surface area contributed by atoms with E-state index in [-0.39, 0.29) is 18.3 Å². The number of Topliss-reactive ketones (excluding diaryl/α,β-unsaturated/α-hetero) is 1. The summed E-state index contributed by atoms with van der Waals surface area (Å²) in [5.74, 6) is -0.111. The predicted octanol–water partition coefficient (Wildman–Crippen LogP) is 10.00. The second kappa shape index (κ2) is 30.6. The number of carbonyl (C=O) groups excluding carboxylic acids is 2. The van der Waals surface area contributed by atoms with E-state index in [9.17, 15) is 14.7 Å². The van der Waals surface area contributed by atoms with Crippen LogP contribution in [0.3, 0.4) is 0 Å². The molecule has 0 unspecified atom stereocenters. The molecule has 0 radical (unpaired) electrons. The van der Waals surface area contributed by atoms with Crippen LogP contribution in [0.2, 0.25) is 0 Å². The van der Waals surface area contributed by atoms with Crippen molar-refractivity contribution in [1.29, 1.82) is 0 Å². The van der Waals surface area contributed by atoms with Crippen molar-refractivity contribution in [1.82, 2.24) is 5.32 Å². The zero-order valence-corrected chi connectivity index (χ0v) is 25.8. The van der Waals surface area contributed by atoms with Gasteiger partial charge in [-0.2, -0.15) is 0 Å². The minimum absolute atomic E-state index is 0.0192. The molecule has 4 nitrogen and oxygen atoms in total. The molecule has 1 atom stereocenters. The molecule has 226 valence electrons. The van der Waals surface area contributed by atoms with E-state index in [1.54, 1.807) is 0 Å². The number of carbonyl (C=O) groups is 2. The van der Waals surface area contributed by atoms with Crippen molar-refractivity contribution >= 4 is 11.7 Å². The first kappa shape index (κ1) is 37.1. The molecule has 0 aliphatic carbocycles. The van der Waals surface area contributed by atoms with Crippen LogP contribution in [0.5, 0.6) is 0 Å². The highest BCUT2D eigenvalue weighted by Gasteiger charge is 2.18. The zero-order valence-electron chi connectivity index (χ0n) is 25.8. The SMILES string of the molecule is CCCCCCCCCCCCCCCC(=O)N[C@@H](CO)C(=O)CCCCCCCCCCCCCCC. The molecule has 2 N–H and O–H groups in total. The van der Waals surface area contributed by atoms with Crippen LogP contribution < -0.4 is 5.32 Å². The fourth-order valence-corrected chi connectivity index (χ4v) is 5.29. The van der Waals surface area contributed by atoms with Crippen LogP contribution in [-0.4, -0.2) is 29.4 Å². The molecule has 0 aromatic rings. The number of ketones is 1. The van der Waals surface area contributed by atoms with Gasteiger partial charge in [-0.3, -0.25) is 9.59 Å². The molecule has 0 bridgehead atoms. The fourth-order valence-electron chi connectivity index (χ4n) is 5.29. The highest BCUT2D eigenvalue weighted by Crippen LogP contribution is 2.14. The van der Waals surface area contributed by atoms with Crippen molar-refractivity contribution in [2.75, 3.05) is 6.61 Å². The summed E-state index contributed by atoms with van der Waals surface area (Å²) in [6, 6.07) is -0.721. The van der Waals surface area contributed by atoms with Crippen molar-refractivity contribution in [3.05, 3.63) is 0 Å². The van der Waals surface area contributed by atoms with Gasteiger partial charge in [-0.15, -0.1) is 0 Å². The fraction of sp³-hybridized carbons (Fsp3) is 0.941. The van der Waals surface area contributed by atoms with Gasteiger partial charge < -0.3 is 10.4 Å². The van der Waals surface area contributed by atoms with E-state index >= 15 is 0 Å². The summed E-state index contributed by atoms with van der Waals surface area (Å²) in [6.07, 6.45) is 34.2. The van der Waals surface area contributed by atoms with E-state index < -0.39 is 6.04 Å². The van der Waals surface area contributed by atoms with E-state index in [1.807, 2.05) is 0 Å². The van der Waals surface area contributed by atoms with Gasteiger partial charge in [-0.1, -0.05) is 168 Å². The Hall–Kier alpha value is -0.900. The maximum atomic E-state index is 12.4. The molecule has 0 aliphatic heterocycles. The Balaban J connectivity index is 3.56. The van der Waals surface area contributed by atoms with Crippen LogP contribution in [-0.2, 0) is 9.59 Å². The number of aliphatic hydroxyl groups is 1. The van der Waals surface area contributed by atoms with E-state index in [0.717, 1.165) is 25.7 Å². The largest absolute Gasteiger partial charge is 0.394 e. The molecule has 0 rings (SSSR count). The lowest BCUT2D eigenvalue weighted by Crippen LogP contribution is -2.43. The van der Waals surface area contributed by atoms with Crippen LogP contribution in [0, 0.1) is 0 Å². The molecule has 1 amide bonds. The summed E-state index contributed by atoms with van der Waals surface area (Å²) >= 11 is 0. The predicted molar refractivity (Wildman–Crippen MR) is 165 cm³/mol. The molecular formula is C34H67NO3. The average Bonchev–Trinajstić information content (AvgIpc) is 2.92. The molecule has 0 heterocycles. The summed E-state index contributed by atoms with van der Waals surface area (Å²) in [5, 5.41) is 12.4. The minimum Gasteiger partial charge on any atom is -0.394 e. The first-order valence-corrected chi connectivity index (χ1v) is 17.1. The highest BCUT2D eigenvalue weighted by atomic mass is 16.3. The molecule has 0 aromatic heterocycles. The van der Waals surface area contributed by atoms with E-state index in [4.69, 9.17) is 0 Å². The summed E-state index contributed by atoms with van der Waals surface area (Å²) < 4.78 is 0. The van der Waals surface area contributed by atoms with E-state index in [0.29, 0.717) is 12.8 Å². The standard InChI is InChI=1S/C34H67NO3/c1-3-5-7-9-11-13-15-17-19-21-23-25-27-29-33(37)32(31-36)35-34(38)30-28-26-24-22-20-18-16-14-12-10-8-6-4-2/h32,36H,3-31H2,1-2H3,(H,35,38)/t32-/m0/s1. The van der Waals surface area contributed by atoms with E-state index in [2.05, 4.69) is 19.2 Å². The Morgan fingerprint density at radius 1 is 0.474 bits per heavy atom. The van der Waals surface area contributed by atoms with Gasteiger partial charge >= 0.3 is 0 Å². The third kappa shape index (κ3) is 26.7. The van der Waals surface area contributed by atoms with Crippen molar-refractivity contribution in [3.8, 4) is 0 Å². The number of hydrogen-bond acceptors (Lipinski definition) is 3. The van der Waals surface area contributed by atoms with Gasteiger partial charge in [-0.25, -0.2) is 0 Å². The first-order chi connectivity index (χ1) is 18.7.